The van der Waals surface area contributed by atoms with Crippen molar-refractivity contribution in [2.75, 3.05) is 0 Å². The lowest BCUT2D eigenvalue weighted by Crippen LogP contribution is -1.95. The molecule has 3 heteroatoms. The number of cyclic esters (lactones) is 1. The molecule has 1 aliphatic heterocycles. The van der Waals surface area contributed by atoms with Gasteiger partial charge in [0, 0.05) is 5.56 Å². The zero-order valence-electron chi connectivity index (χ0n) is 6.46. The first-order valence-corrected chi connectivity index (χ1v) is 3.96. The van der Waals surface area contributed by atoms with E-state index in [0.717, 1.165) is 11.1 Å². The van der Waals surface area contributed by atoms with Crippen molar-refractivity contribution < 1.29 is 9.53 Å². The molecule has 1 heterocycles. The molecule has 0 saturated carbocycles. The quantitative estimate of drug-likeness (QED) is 0.448. The van der Waals surface area contributed by atoms with Crippen molar-refractivity contribution in [2.45, 2.75) is 6.92 Å². The van der Waals surface area contributed by atoms with E-state index in [9.17, 15) is 4.79 Å². The number of fused-ring (bicyclic) bond motifs is 1. The first kappa shape index (κ1) is 7.43. The molecule has 0 spiro atoms. The monoisotopic (exact) mass is 178 g/mol. The predicted molar refractivity (Wildman–Crippen MR) is 48.3 cm³/mol. The lowest BCUT2D eigenvalue weighted by molar-refractivity contribution is 0.0741. The van der Waals surface area contributed by atoms with Crippen molar-refractivity contribution in [3.05, 3.63) is 34.9 Å². The Morgan fingerprint density at radius 2 is 2.08 bits per heavy atom. The number of thiocarbonyl (C=S) groups is 1. The first-order chi connectivity index (χ1) is 5.68. The molecule has 0 fully saturated rings. The second kappa shape index (κ2) is 2.38. The van der Waals surface area contributed by atoms with Gasteiger partial charge < -0.3 is 4.74 Å². The van der Waals surface area contributed by atoms with E-state index in [1.807, 2.05) is 19.1 Å². The molecule has 0 aliphatic carbocycles. The number of esters is 1. The van der Waals surface area contributed by atoms with Crippen LogP contribution in [0, 0.1) is 6.92 Å². The van der Waals surface area contributed by atoms with E-state index < -0.39 is 0 Å². The van der Waals surface area contributed by atoms with Crippen LogP contribution in [-0.4, -0.2) is 11.0 Å². The number of ether oxygens (including phenoxy) is 1. The minimum Gasteiger partial charge on any atom is -0.410 e. The fourth-order valence-electron chi connectivity index (χ4n) is 1.20. The molecule has 1 aliphatic rings. The fraction of sp³-hybridized carbons (Fsp3) is 0.111. The summed E-state index contributed by atoms with van der Waals surface area (Å²) >= 11 is 4.85. The van der Waals surface area contributed by atoms with Crippen molar-refractivity contribution in [3.8, 4) is 0 Å². The number of carbonyl (C=O) groups is 1. The van der Waals surface area contributed by atoms with Crippen molar-refractivity contribution in [1.82, 2.24) is 0 Å². The zero-order chi connectivity index (χ0) is 8.72. The van der Waals surface area contributed by atoms with E-state index in [4.69, 9.17) is 17.0 Å². The summed E-state index contributed by atoms with van der Waals surface area (Å²) in [5.41, 5.74) is 2.36. The number of carbonyl (C=O) groups excluding carboxylic acids is 1. The third kappa shape index (κ3) is 0.940. The fourth-order valence-corrected chi connectivity index (χ4v) is 1.45. The number of hydrogen-bond donors (Lipinski definition) is 0. The summed E-state index contributed by atoms with van der Waals surface area (Å²) in [5, 5.41) is 0.287. The highest BCUT2D eigenvalue weighted by molar-refractivity contribution is 7.80. The Bertz CT molecular complexity index is 382. The maximum atomic E-state index is 11.1. The van der Waals surface area contributed by atoms with Gasteiger partial charge in [-0.1, -0.05) is 11.6 Å². The van der Waals surface area contributed by atoms with E-state index in [-0.39, 0.29) is 11.0 Å². The van der Waals surface area contributed by atoms with Crippen LogP contribution in [0.25, 0.3) is 0 Å². The van der Waals surface area contributed by atoms with Gasteiger partial charge in [0.15, 0.2) is 0 Å². The van der Waals surface area contributed by atoms with Gasteiger partial charge in [-0.2, -0.15) is 0 Å². The van der Waals surface area contributed by atoms with E-state index >= 15 is 0 Å². The maximum absolute atomic E-state index is 11.1. The minimum absolute atomic E-state index is 0.287. The predicted octanol–water partition coefficient (Wildman–Crippen LogP) is 1.84. The second-order valence-corrected chi connectivity index (χ2v) is 3.10. The molecule has 1 aromatic rings. The summed E-state index contributed by atoms with van der Waals surface area (Å²) in [5.74, 6) is -0.335. The van der Waals surface area contributed by atoms with Gasteiger partial charge in [0.05, 0.1) is 5.56 Å². The van der Waals surface area contributed by atoms with Crippen molar-refractivity contribution in [2.24, 2.45) is 0 Å². The van der Waals surface area contributed by atoms with E-state index in [0.29, 0.717) is 5.56 Å². The molecule has 0 saturated heterocycles. The molecule has 0 amide bonds. The number of hydrogen-bond acceptors (Lipinski definition) is 3. The molecule has 0 N–H and O–H groups in total. The van der Waals surface area contributed by atoms with Crippen LogP contribution < -0.4 is 0 Å². The minimum atomic E-state index is -0.335. The largest absolute Gasteiger partial charge is 0.410 e. The molecule has 0 radical (unpaired) electrons. The summed E-state index contributed by atoms with van der Waals surface area (Å²) in [6.07, 6.45) is 0. The van der Waals surface area contributed by atoms with Gasteiger partial charge in [-0.3, -0.25) is 0 Å². The molecule has 12 heavy (non-hydrogen) atoms. The standard InChI is InChI=1S/C9H6O2S/c1-5-2-3-6-7(4-5)8(10)11-9(6)12/h2-4H,1H3. The van der Waals surface area contributed by atoms with Crippen molar-refractivity contribution in [1.29, 1.82) is 0 Å². The van der Waals surface area contributed by atoms with Crippen LogP contribution in [0.3, 0.4) is 0 Å². The van der Waals surface area contributed by atoms with Crippen LogP contribution in [0.4, 0.5) is 0 Å². The zero-order valence-corrected chi connectivity index (χ0v) is 7.27. The summed E-state index contributed by atoms with van der Waals surface area (Å²) in [4.78, 5) is 11.1. The summed E-state index contributed by atoms with van der Waals surface area (Å²) < 4.78 is 4.78. The maximum Gasteiger partial charge on any atom is 0.345 e. The van der Waals surface area contributed by atoms with E-state index in [1.54, 1.807) is 6.07 Å². The highest BCUT2D eigenvalue weighted by Gasteiger charge is 2.25. The molecule has 0 bridgehead atoms. The van der Waals surface area contributed by atoms with E-state index in [2.05, 4.69) is 0 Å². The Balaban J connectivity index is 2.68. The van der Waals surface area contributed by atoms with E-state index in [1.165, 1.54) is 0 Å². The Morgan fingerprint density at radius 3 is 2.83 bits per heavy atom. The van der Waals surface area contributed by atoms with Crippen LogP contribution >= 0.6 is 12.2 Å². The van der Waals surface area contributed by atoms with Gasteiger partial charge in [0.25, 0.3) is 0 Å². The molecule has 2 nitrogen and oxygen atoms in total. The van der Waals surface area contributed by atoms with Gasteiger partial charge in [-0.15, -0.1) is 0 Å². The van der Waals surface area contributed by atoms with Gasteiger partial charge >= 0.3 is 5.97 Å². The summed E-state index contributed by atoms with van der Waals surface area (Å²) in [6.45, 7) is 1.93. The lowest BCUT2D eigenvalue weighted by atomic mass is 10.1. The molecule has 60 valence electrons. The van der Waals surface area contributed by atoms with Gasteiger partial charge in [0.1, 0.15) is 0 Å². The molecular weight excluding hydrogens is 172 g/mol. The molecule has 0 atom stereocenters. The first-order valence-electron chi connectivity index (χ1n) is 3.55. The molecule has 2 rings (SSSR count). The van der Waals surface area contributed by atoms with Crippen LogP contribution in [0.2, 0.25) is 0 Å². The topological polar surface area (TPSA) is 26.3 Å². The highest BCUT2D eigenvalue weighted by atomic mass is 32.1. The Labute approximate surface area is 75.2 Å². The molecule has 0 aromatic heterocycles. The Morgan fingerprint density at radius 1 is 1.33 bits per heavy atom. The number of rotatable bonds is 0. The van der Waals surface area contributed by atoms with Crippen molar-refractivity contribution >= 4 is 23.2 Å². The average Bonchev–Trinajstić information content (AvgIpc) is 2.28. The average molecular weight is 178 g/mol. The highest BCUT2D eigenvalue weighted by Crippen LogP contribution is 2.21. The normalized spacial score (nSPS) is 14.4. The van der Waals surface area contributed by atoms with Crippen LogP contribution in [0.15, 0.2) is 18.2 Å². The second-order valence-electron chi connectivity index (χ2n) is 2.73. The SMILES string of the molecule is Cc1ccc2c(c1)C(=O)OC2=S. The molecular formula is C9H6O2S. The van der Waals surface area contributed by atoms with Crippen LogP contribution in [0.5, 0.6) is 0 Å². The number of benzene rings is 1. The van der Waals surface area contributed by atoms with Gasteiger partial charge in [0.2, 0.25) is 5.05 Å². The molecule has 1 aromatic carbocycles. The van der Waals surface area contributed by atoms with Crippen LogP contribution in [0.1, 0.15) is 21.5 Å². The Hall–Kier alpha value is -1.22. The van der Waals surface area contributed by atoms with Crippen LogP contribution in [-0.2, 0) is 4.74 Å². The van der Waals surface area contributed by atoms with Crippen molar-refractivity contribution in [3.63, 3.8) is 0 Å². The molecule has 0 unspecified atom stereocenters. The van der Waals surface area contributed by atoms with Gasteiger partial charge in [-0.05, 0) is 31.3 Å². The van der Waals surface area contributed by atoms with Gasteiger partial charge in [-0.25, -0.2) is 4.79 Å². The number of aryl methyl sites for hydroxylation is 1. The third-order valence-corrected chi connectivity index (χ3v) is 2.10. The summed E-state index contributed by atoms with van der Waals surface area (Å²) in [7, 11) is 0. The summed E-state index contributed by atoms with van der Waals surface area (Å²) in [6, 6.07) is 5.52. The smallest absolute Gasteiger partial charge is 0.345 e. The Kier molecular flexibility index (Phi) is 1.48. The lowest BCUT2D eigenvalue weighted by Gasteiger charge is -1.93. The third-order valence-electron chi connectivity index (χ3n) is 1.80.